The van der Waals surface area contributed by atoms with E-state index in [1.54, 1.807) is 6.20 Å². The van der Waals surface area contributed by atoms with E-state index in [2.05, 4.69) is 26.3 Å². The second-order valence-corrected chi connectivity index (χ2v) is 5.33. The third kappa shape index (κ3) is 3.54. The molecule has 2 atom stereocenters. The van der Waals surface area contributed by atoms with Gasteiger partial charge >= 0.3 is 0 Å². The van der Waals surface area contributed by atoms with Crippen LogP contribution in [-0.2, 0) is 4.79 Å². The Balaban J connectivity index is 2.77. The molecule has 0 aromatic carbocycles. The highest BCUT2D eigenvalue weighted by molar-refractivity contribution is 9.10. The number of primary amides is 1. The Morgan fingerprint density at radius 3 is 2.82 bits per heavy atom. The minimum atomic E-state index is -0.702. The maximum Gasteiger partial charge on any atom is 0.237 e. The van der Waals surface area contributed by atoms with Crippen LogP contribution in [0.25, 0.3) is 0 Å². The minimum absolute atomic E-state index is 0.0952. The number of nitrogens with one attached hydrogen (secondary N) is 1. The van der Waals surface area contributed by atoms with Gasteiger partial charge in [-0.05, 0) is 42.7 Å². The Morgan fingerprint density at radius 2 is 2.41 bits per heavy atom. The molecule has 2 unspecified atom stereocenters. The number of likely N-dealkylation sites (N-methyl/N-ethyl adjacent to an activating group) is 1. The van der Waals surface area contributed by atoms with E-state index in [9.17, 15) is 4.79 Å². The summed E-state index contributed by atoms with van der Waals surface area (Å²) in [7, 11) is 0. The number of amides is 1. The fraction of sp³-hybridized carbons (Fsp3) is 0.636. The molecular formula is C11H19BrN4O. The number of halogens is 1. The lowest BCUT2D eigenvalue weighted by Gasteiger charge is -2.30. The molecule has 0 saturated carbocycles. The highest BCUT2D eigenvalue weighted by atomic mass is 79.9. The fourth-order valence-corrected chi connectivity index (χ4v) is 2.19. The van der Waals surface area contributed by atoms with Gasteiger partial charge in [-0.2, -0.15) is 5.10 Å². The standard InChI is InChI=1S/C11H19BrN4O/c1-4-14-11(3,10(13)17)5-8(2)16-7-9(12)6-15-16/h6-8,14H,4-5H2,1-3H3,(H2,13,17). The van der Waals surface area contributed by atoms with E-state index >= 15 is 0 Å². The average molecular weight is 303 g/mol. The van der Waals surface area contributed by atoms with Crippen LogP contribution in [0.5, 0.6) is 0 Å². The van der Waals surface area contributed by atoms with Crippen LogP contribution in [0.3, 0.4) is 0 Å². The second-order valence-electron chi connectivity index (χ2n) is 4.42. The van der Waals surface area contributed by atoms with Crippen LogP contribution in [0.4, 0.5) is 0 Å². The maximum absolute atomic E-state index is 11.5. The van der Waals surface area contributed by atoms with Crippen molar-refractivity contribution in [3.63, 3.8) is 0 Å². The monoisotopic (exact) mass is 302 g/mol. The van der Waals surface area contributed by atoms with Crippen molar-refractivity contribution in [2.45, 2.75) is 38.8 Å². The van der Waals surface area contributed by atoms with Gasteiger partial charge in [0.1, 0.15) is 0 Å². The summed E-state index contributed by atoms with van der Waals surface area (Å²) in [6.07, 6.45) is 4.22. The van der Waals surface area contributed by atoms with Gasteiger partial charge in [0, 0.05) is 6.20 Å². The Morgan fingerprint density at radius 1 is 1.76 bits per heavy atom. The molecule has 96 valence electrons. The van der Waals surface area contributed by atoms with E-state index in [0.717, 1.165) is 4.47 Å². The predicted molar refractivity (Wildman–Crippen MR) is 70.5 cm³/mol. The summed E-state index contributed by atoms with van der Waals surface area (Å²) in [6, 6.07) is 0.0952. The summed E-state index contributed by atoms with van der Waals surface area (Å²) in [5.41, 5.74) is 4.75. The number of hydrogen-bond acceptors (Lipinski definition) is 3. The van der Waals surface area contributed by atoms with E-state index < -0.39 is 5.54 Å². The normalized spacial score (nSPS) is 16.5. The molecule has 5 nitrogen and oxygen atoms in total. The summed E-state index contributed by atoms with van der Waals surface area (Å²) in [5, 5.41) is 7.35. The van der Waals surface area contributed by atoms with Crippen LogP contribution >= 0.6 is 15.9 Å². The topological polar surface area (TPSA) is 72.9 Å². The van der Waals surface area contributed by atoms with Crippen LogP contribution < -0.4 is 11.1 Å². The zero-order valence-electron chi connectivity index (χ0n) is 10.4. The highest BCUT2D eigenvalue weighted by Crippen LogP contribution is 2.21. The number of aromatic nitrogens is 2. The zero-order valence-corrected chi connectivity index (χ0v) is 12.0. The summed E-state index contributed by atoms with van der Waals surface area (Å²) in [5.74, 6) is -0.336. The van der Waals surface area contributed by atoms with Gasteiger partial charge in [-0.3, -0.25) is 9.48 Å². The molecule has 1 rings (SSSR count). The average Bonchev–Trinajstić information content (AvgIpc) is 2.65. The first-order valence-electron chi connectivity index (χ1n) is 5.63. The Labute approximate surface area is 110 Å². The van der Waals surface area contributed by atoms with Crippen LogP contribution in [0.15, 0.2) is 16.9 Å². The van der Waals surface area contributed by atoms with Crippen molar-refractivity contribution in [1.29, 1.82) is 0 Å². The summed E-state index contributed by atoms with van der Waals surface area (Å²) < 4.78 is 2.75. The van der Waals surface area contributed by atoms with Crippen LogP contribution in [0.1, 0.15) is 33.2 Å². The predicted octanol–water partition coefficient (Wildman–Crippen LogP) is 1.45. The van der Waals surface area contributed by atoms with Crippen molar-refractivity contribution in [2.75, 3.05) is 6.54 Å². The lowest BCUT2D eigenvalue weighted by molar-refractivity contribution is -0.124. The Bertz CT molecular complexity index is 393. The number of nitrogens with two attached hydrogens (primary N) is 1. The molecule has 1 amide bonds. The molecule has 1 aromatic rings. The molecule has 0 aliphatic rings. The van der Waals surface area contributed by atoms with Gasteiger partial charge < -0.3 is 11.1 Å². The van der Waals surface area contributed by atoms with Gasteiger partial charge in [-0.15, -0.1) is 0 Å². The molecule has 0 aliphatic carbocycles. The quantitative estimate of drug-likeness (QED) is 0.835. The van der Waals surface area contributed by atoms with Crippen molar-refractivity contribution in [3.05, 3.63) is 16.9 Å². The lowest BCUT2D eigenvalue weighted by Crippen LogP contribution is -2.54. The second kappa shape index (κ2) is 5.64. The van der Waals surface area contributed by atoms with Crippen LogP contribution in [-0.4, -0.2) is 27.8 Å². The zero-order chi connectivity index (χ0) is 13.1. The summed E-state index contributed by atoms with van der Waals surface area (Å²) in [4.78, 5) is 11.5. The van der Waals surface area contributed by atoms with E-state index in [4.69, 9.17) is 5.73 Å². The van der Waals surface area contributed by atoms with Gasteiger partial charge in [0.2, 0.25) is 5.91 Å². The van der Waals surface area contributed by atoms with E-state index in [-0.39, 0.29) is 11.9 Å². The van der Waals surface area contributed by atoms with Gasteiger partial charge in [0.05, 0.1) is 22.3 Å². The summed E-state index contributed by atoms with van der Waals surface area (Å²) in [6.45, 7) is 6.50. The molecular weight excluding hydrogens is 284 g/mol. The number of hydrogen-bond donors (Lipinski definition) is 2. The van der Waals surface area contributed by atoms with Crippen molar-refractivity contribution in [2.24, 2.45) is 5.73 Å². The highest BCUT2D eigenvalue weighted by Gasteiger charge is 2.32. The van der Waals surface area contributed by atoms with Gasteiger partial charge in [-0.1, -0.05) is 6.92 Å². The third-order valence-electron chi connectivity index (χ3n) is 2.84. The largest absolute Gasteiger partial charge is 0.368 e. The third-order valence-corrected chi connectivity index (χ3v) is 3.25. The molecule has 1 aromatic heterocycles. The van der Waals surface area contributed by atoms with E-state index in [0.29, 0.717) is 13.0 Å². The van der Waals surface area contributed by atoms with Gasteiger partial charge in [0.25, 0.3) is 0 Å². The molecule has 1 heterocycles. The van der Waals surface area contributed by atoms with Gasteiger partial charge in [-0.25, -0.2) is 0 Å². The van der Waals surface area contributed by atoms with Gasteiger partial charge in [0.15, 0.2) is 0 Å². The first-order valence-corrected chi connectivity index (χ1v) is 6.43. The first-order chi connectivity index (χ1) is 7.89. The maximum atomic E-state index is 11.5. The van der Waals surface area contributed by atoms with Crippen molar-refractivity contribution in [1.82, 2.24) is 15.1 Å². The van der Waals surface area contributed by atoms with Crippen molar-refractivity contribution >= 4 is 21.8 Å². The molecule has 6 heteroatoms. The van der Waals surface area contributed by atoms with Crippen molar-refractivity contribution < 1.29 is 4.79 Å². The molecule has 0 bridgehead atoms. The van der Waals surface area contributed by atoms with Crippen LogP contribution in [0, 0.1) is 0 Å². The lowest BCUT2D eigenvalue weighted by atomic mass is 9.93. The molecule has 0 saturated heterocycles. The number of nitrogens with zero attached hydrogens (tertiary/aromatic N) is 2. The molecule has 0 spiro atoms. The summed E-state index contributed by atoms with van der Waals surface area (Å²) >= 11 is 3.35. The smallest absolute Gasteiger partial charge is 0.237 e. The Kier molecular flexibility index (Phi) is 4.70. The molecule has 0 aliphatic heterocycles. The molecule has 17 heavy (non-hydrogen) atoms. The SMILES string of the molecule is CCNC(C)(CC(C)n1cc(Br)cn1)C(N)=O. The molecule has 3 N–H and O–H groups in total. The molecule has 0 radical (unpaired) electrons. The number of carbonyl (C=O) groups excluding carboxylic acids is 1. The van der Waals surface area contributed by atoms with E-state index in [1.807, 2.05) is 31.6 Å². The number of rotatable bonds is 6. The first kappa shape index (κ1) is 14.2. The Hall–Kier alpha value is -0.880. The fourth-order valence-electron chi connectivity index (χ4n) is 1.89. The molecule has 0 fully saturated rings. The van der Waals surface area contributed by atoms with Crippen LogP contribution in [0.2, 0.25) is 0 Å². The van der Waals surface area contributed by atoms with E-state index in [1.165, 1.54) is 0 Å². The minimum Gasteiger partial charge on any atom is -0.368 e. The number of carbonyl (C=O) groups is 1. The van der Waals surface area contributed by atoms with Crippen molar-refractivity contribution in [3.8, 4) is 0 Å².